The van der Waals surface area contributed by atoms with Crippen molar-refractivity contribution in [2.24, 2.45) is 0 Å². The molecule has 0 radical (unpaired) electrons. The maximum absolute atomic E-state index is 5.96. The quantitative estimate of drug-likeness (QED) is 0.531. The average Bonchev–Trinajstić information content (AvgIpc) is 2.69. The van der Waals surface area contributed by atoms with Crippen LogP contribution in [0.3, 0.4) is 0 Å². The van der Waals surface area contributed by atoms with E-state index < -0.39 is 0 Å². The van der Waals surface area contributed by atoms with E-state index in [4.69, 9.17) is 28.6 Å². The third-order valence-corrected chi connectivity index (χ3v) is 5.80. The summed E-state index contributed by atoms with van der Waals surface area (Å²) in [6, 6.07) is 8.64. The molecule has 3 rings (SSSR count). The number of hydrogen-bond acceptors (Lipinski definition) is 4. The lowest BCUT2D eigenvalue weighted by Crippen LogP contribution is -2.48. The van der Waals surface area contributed by atoms with Crippen molar-refractivity contribution in [3.63, 3.8) is 0 Å². The Balaban J connectivity index is 1.26. The maximum Gasteiger partial charge on any atom is 0.166 e. The van der Waals surface area contributed by atoms with Gasteiger partial charge in [-0.25, -0.2) is 0 Å². The van der Waals surface area contributed by atoms with E-state index >= 15 is 0 Å². The standard InChI is InChI=1S/C20H31ClN4OS/c21-18-4-2-17(3-5-18)16-25-10-6-19(7-11-25)23-20(27)22-8-1-9-24-12-14-26-15-13-24/h2-5,19H,1,6-16H2,(H2,22,23,27). The lowest BCUT2D eigenvalue weighted by Gasteiger charge is -2.33. The van der Waals surface area contributed by atoms with Gasteiger partial charge >= 0.3 is 0 Å². The molecule has 0 unspecified atom stereocenters. The number of nitrogens with one attached hydrogen (secondary N) is 2. The van der Waals surface area contributed by atoms with E-state index in [1.165, 1.54) is 5.56 Å². The Hall–Kier alpha value is -0.920. The van der Waals surface area contributed by atoms with Crippen LogP contribution in [0.5, 0.6) is 0 Å². The highest BCUT2D eigenvalue weighted by molar-refractivity contribution is 7.80. The number of rotatable bonds is 7. The highest BCUT2D eigenvalue weighted by Crippen LogP contribution is 2.16. The van der Waals surface area contributed by atoms with E-state index in [9.17, 15) is 0 Å². The van der Waals surface area contributed by atoms with Gasteiger partial charge in [-0.05, 0) is 55.7 Å². The number of benzene rings is 1. The molecule has 7 heteroatoms. The van der Waals surface area contributed by atoms with Gasteiger partial charge in [-0.15, -0.1) is 0 Å². The molecular weight excluding hydrogens is 380 g/mol. The summed E-state index contributed by atoms with van der Waals surface area (Å²) in [5.74, 6) is 0. The number of nitrogens with zero attached hydrogens (tertiary/aromatic N) is 2. The van der Waals surface area contributed by atoms with Gasteiger partial charge < -0.3 is 15.4 Å². The highest BCUT2D eigenvalue weighted by Gasteiger charge is 2.19. The SMILES string of the molecule is S=C(NCCCN1CCOCC1)NC1CCN(Cc2ccc(Cl)cc2)CC1. The largest absolute Gasteiger partial charge is 0.379 e. The molecule has 5 nitrogen and oxygen atoms in total. The summed E-state index contributed by atoms with van der Waals surface area (Å²) in [5.41, 5.74) is 1.32. The molecule has 2 aliphatic heterocycles. The molecular formula is C20H31ClN4OS. The van der Waals surface area contributed by atoms with Gasteiger partial charge in [-0.3, -0.25) is 9.80 Å². The molecule has 2 N–H and O–H groups in total. The van der Waals surface area contributed by atoms with Gasteiger partial charge in [0.05, 0.1) is 13.2 Å². The Morgan fingerprint density at radius 1 is 1.07 bits per heavy atom. The molecule has 0 saturated carbocycles. The molecule has 1 aromatic carbocycles. The zero-order valence-corrected chi connectivity index (χ0v) is 17.5. The van der Waals surface area contributed by atoms with Crippen molar-refractivity contribution in [1.29, 1.82) is 0 Å². The molecule has 2 saturated heterocycles. The Morgan fingerprint density at radius 3 is 2.48 bits per heavy atom. The van der Waals surface area contributed by atoms with Crippen molar-refractivity contribution < 1.29 is 4.74 Å². The van der Waals surface area contributed by atoms with E-state index in [1.807, 2.05) is 12.1 Å². The van der Waals surface area contributed by atoms with Crippen LogP contribution in [-0.2, 0) is 11.3 Å². The summed E-state index contributed by atoms with van der Waals surface area (Å²) in [5, 5.41) is 8.45. The molecule has 0 aromatic heterocycles. The fraction of sp³-hybridized carbons (Fsp3) is 0.650. The minimum absolute atomic E-state index is 0.478. The zero-order valence-electron chi connectivity index (χ0n) is 16.0. The fourth-order valence-corrected chi connectivity index (χ4v) is 4.04. The topological polar surface area (TPSA) is 39.8 Å². The molecule has 2 fully saturated rings. The number of morpholine rings is 1. The summed E-state index contributed by atoms with van der Waals surface area (Å²) < 4.78 is 5.38. The molecule has 2 aliphatic rings. The smallest absolute Gasteiger partial charge is 0.166 e. The number of thiocarbonyl (C=S) groups is 1. The van der Waals surface area contributed by atoms with Crippen LogP contribution < -0.4 is 10.6 Å². The second kappa shape index (κ2) is 11.2. The maximum atomic E-state index is 5.96. The summed E-state index contributed by atoms with van der Waals surface area (Å²) >= 11 is 11.4. The summed E-state index contributed by atoms with van der Waals surface area (Å²) in [4.78, 5) is 4.96. The Labute approximate surface area is 173 Å². The summed E-state index contributed by atoms with van der Waals surface area (Å²) in [6.45, 7) is 9.07. The van der Waals surface area contributed by atoms with Crippen molar-refractivity contribution in [2.45, 2.75) is 31.8 Å². The van der Waals surface area contributed by atoms with Gasteiger partial charge in [0.15, 0.2) is 5.11 Å². The van der Waals surface area contributed by atoms with Crippen molar-refractivity contribution in [1.82, 2.24) is 20.4 Å². The lowest BCUT2D eigenvalue weighted by atomic mass is 10.0. The first kappa shape index (κ1) is 20.8. The molecule has 0 bridgehead atoms. The first-order valence-corrected chi connectivity index (χ1v) is 10.8. The third-order valence-electron chi connectivity index (χ3n) is 5.28. The molecule has 1 aromatic rings. The third kappa shape index (κ3) is 7.54. The minimum Gasteiger partial charge on any atom is -0.379 e. The molecule has 27 heavy (non-hydrogen) atoms. The van der Waals surface area contributed by atoms with Crippen molar-refractivity contribution >= 4 is 28.9 Å². The number of piperidine rings is 1. The van der Waals surface area contributed by atoms with E-state index in [0.29, 0.717) is 6.04 Å². The van der Waals surface area contributed by atoms with Gasteiger partial charge in [0.1, 0.15) is 0 Å². The van der Waals surface area contributed by atoms with Crippen LogP contribution in [-0.4, -0.2) is 73.4 Å². The number of likely N-dealkylation sites (tertiary alicyclic amines) is 1. The molecule has 150 valence electrons. The molecule has 0 amide bonds. The molecule has 0 aliphatic carbocycles. The number of halogens is 1. The zero-order chi connectivity index (χ0) is 18.9. The monoisotopic (exact) mass is 410 g/mol. The van der Waals surface area contributed by atoms with Crippen LogP contribution in [0.15, 0.2) is 24.3 Å². The predicted molar refractivity (Wildman–Crippen MR) is 115 cm³/mol. The van der Waals surface area contributed by atoms with Gasteiger partial charge in [0.2, 0.25) is 0 Å². The Bertz CT molecular complexity index is 572. The highest BCUT2D eigenvalue weighted by atomic mass is 35.5. The van der Waals surface area contributed by atoms with E-state index in [2.05, 4.69) is 32.6 Å². The second-order valence-corrected chi connectivity index (χ2v) is 8.23. The Kier molecular flexibility index (Phi) is 8.61. The van der Waals surface area contributed by atoms with Gasteiger partial charge in [0, 0.05) is 50.3 Å². The Morgan fingerprint density at radius 2 is 1.78 bits per heavy atom. The number of ether oxygens (including phenoxy) is 1. The normalized spacial score (nSPS) is 19.7. The lowest BCUT2D eigenvalue weighted by molar-refractivity contribution is 0.0376. The molecule has 0 spiro atoms. The average molecular weight is 411 g/mol. The fourth-order valence-electron chi connectivity index (χ4n) is 3.65. The van der Waals surface area contributed by atoms with Crippen LogP contribution >= 0.6 is 23.8 Å². The van der Waals surface area contributed by atoms with Crippen molar-refractivity contribution in [3.05, 3.63) is 34.9 Å². The summed E-state index contributed by atoms with van der Waals surface area (Å²) in [7, 11) is 0. The van der Waals surface area contributed by atoms with Crippen LogP contribution in [0.1, 0.15) is 24.8 Å². The van der Waals surface area contributed by atoms with E-state index in [1.54, 1.807) is 0 Å². The van der Waals surface area contributed by atoms with Crippen molar-refractivity contribution in [2.75, 3.05) is 52.5 Å². The first-order valence-electron chi connectivity index (χ1n) is 10.0. The van der Waals surface area contributed by atoms with Crippen LogP contribution in [0.2, 0.25) is 5.02 Å². The summed E-state index contributed by atoms with van der Waals surface area (Å²) in [6.07, 6.45) is 3.37. The molecule has 2 heterocycles. The van der Waals surface area contributed by atoms with Gasteiger partial charge in [0.25, 0.3) is 0 Å². The minimum atomic E-state index is 0.478. The van der Waals surface area contributed by atoms with E-state index in [0.717, 1.165) is 88.4 Å². The van der Waals surface area contributed by atoms with E-state index in [-0.39, 0.29) is 0 Å². The van der Waals surface area contributed by atoms with Crippen LogP contribution in [0.4, 0.5) is 0 Å². The number of hydrogen-bond donors (Lipinski definition) is 2. The van der Waals surface area contributed by atoms with Gasteiger partial charge in [-0.1, -0.05) is 23.7 Å². The van der Waals surface area contributed by atoms with Crippen molar-refractivity contribution in [3.8, 4) is 0 Å². The van der Waals surface area contributed by atoms with Crippen LogP contribution in [0, 0.1) is 0 Å². The predicted octanol–water partition coefficient (Wildman–Crippen LogP) is 2.49. The van der Waals surface area contributed by atoms with Gasteiger partial charge in [-0.2, -0.15) is 0 Å². The second-order valence-electron chi connectivity index (χ2n) is 7.38. The van der Waals surface area contributed by atoms with Crippen LogP contribution in [0.25, 0.3) is 0 Å². The molecule has 0 atom stereocenters. The first-order chi connectivity index (χ1) is 13.2.